The van der Waals surface area contributed by atoms with Gasteiger partial charge in [0.05, 0.1) is 11.1 Å². The number of nitrogens with one attached hydrogen (secondary N) is 1. The molecule has 0 aliphatic carbocycles. The van der Waals surface area contributed by atoms with Crippen LogP contribution in [0.5, 0.6) is 11.5 Å². The maximum absolute atomic E-state index is 13.3. The Hall–Kier alpha value is -5.11. The molecule has 1 aromatic heterocycles. The highest BCUT2D eigenvalue weighted by molar-refractivity contribution is 9.10. The first-order valence-corrected chi connectivity index (χ1v) is 15.5. The topological polar surface area (TPSA) is 189 Å². The van der Waals surface area contributed by atoms with Gasteiger partial charge in [0.25, 0.3) is 11.8 Å². The van der Waals surface area contributed by atoms with E-state index in [0.29, 0.717) is 43.5 Å². The predicted molar refractivity (Wildman–Crippen MR) is 161 cm³/mol. The molecule has 2 saturated heterocycles. The van der Waals surface area contributed by atoms with Crippen molar-refractivity contribution >= 4 is 51.2 Å². The quantitative estimate of drug-likeness (QED) is 0.359. The molecule has 2 unspecified atom stereocenters. The number of carboxylic acids is 1. The summed E-state index contributed by atoms with van der Waals surface area (Å²) in [5.41, 5.74) is 2.20. The maximum Gasteiger partial charge on any atom is 0.490 e. The van der Waals surface area contributed by atoms with Crippen LogP contribution in [0.2, 0.25) is 0 Å². The Morgan fingerprint density at radius 2 is 1.73 bits per heavy atom. The second-order valence-corrected chi connectivity index (χ2v) is 12.1. The fourth-order valence-electron chi connectivity index (χ4n) is 6.06. The molecule has 0 radical (unpaired) electrons. The number of carboxylic acid groups (broad SMARTS) is 1. The summed E-state index contributed by atoms with van der Waals surface area (Å²) in [5.74, 6) is -2.86. The van der Waals surface area contributed by atoms with Crippen LogP contribution >= 0.6 is 15.9 Å². The fraction of sp³-hybridized carbons (Fsp3) is 0.379. The zero-order chi connectivity index (χ0) is 35.2. The maximum atomic E-state index is 13.3. The van der Waals surface area contributed by atoms with E-state index < -0.39 is 41.8 Å². The van der Waals surface area contributed by atoms with Crippen LogP contribution in [-0.4, -0.2) is 110 Å². The number of benzene rings is 2. The molecule has 7 rings (SSSR count). The molecule has 4 amide bonds. The summed E-state index contributed by atoms with van der Waals surface area (Å²) in [5, 5.41) is 21.6. The van der Waals surface area contributed by atoms with E-state index in [1.807, 2.05) is 18.2 Å². The van der Waals surface area contributed by atoms with Crippen LogP contribution in [0.1, 0.15) is 51.0 Å². The minimum absolute atomic E-state index is 0.0756. The lowest BCUT2D eigenvalue weighted by Gasteiger charge is -2.40. The summed E-state index contributed by atoms with van der Waals surface area (Å²) in [7, 11) is 1.80. The van der Waals surface area contributed by atoms with Gasteiger partial charge in [-0.2, -0.15) is 13.2 Å². The van der Waals surface area contributed by atoms with Gasteiger partial charge in [0, 0.05) is 55.4 Å². The van der Waals surface area contributed by atoms with E-state index in [1.165, 1.54) is 0 Å². The highest BCUT2D eigenvalue weighted by Gasteiger charge is 2.45. The number of nitrogens with zero attached hydrogens (tertiary/aromatic N) is 7. The number of hydrogen-bond acceptors (Lipinski definition) is 12. The molecule has 0 spiro atoms. The summed E-state index contributed by atoms with van der Waals surface area (Å²) in [6.07, 6.45) is -4.89. The molecule has 2 fully saturated rings. The Morgan fingerprint density at radius 1 is 1.04 bits per heavy atom. The van der Waals surface area contributed by atoms with Gasteiger partial charge in [-0.3, -0.25) is 34.3 Å². The summed E-state index contributed by atoms with van der Waals surface area (Å²) < 4.78 is 45.7. The van der Waals surface area contributed by atoms with Crippen molar-refractivity contribution in [3.63, 3.8) is 0 Å². The van der Waals surface area contributed by atoms with Gasteiger partial charge in [-0.25, -0.2) is 9.48 Å². The lowest BCUT2D eigenvalue weighted by Crippen LogP contribution is -2.54. The SMILES string of the molecule is Cn1nnnc1C(c1c(Br)ccc2c1OCO2)N1CCN(c2ccc3c(c2)C(=O)N(C2CCC(=O)NC2=O)C3=O)CC1.O=C(O)C(F)(F)F. The van der Waals surface area contributed by atoms with Gasteiger partial charge in [0.1, 0.15) is 12.1 Å². The number of rotatable bonds is 5. The molecule has 258 valence electrons. The van der Waals surface area contributed by atoms with E-state index in [1.54, 1.807) is 23.9 Å². The van der Waals surface area contributed by atoms with E-state index in [-0.39, 0.29) is 36.8 Å². The monoisotopic (exact) mass is 750 g/mol. The number of carbonyl (C=O) groups excluding carboxylic acids is 4. The number of tetrazole rings is 1. The van der Waals surface area contributed by atoms with Gasteiger partial charge in [0.15, 0.2) is 17.3 Å². The molecule has 49 heavy (non-hydrogen) atoms. The number of hydrogen-bond donors (Lipinski definition) is 2. The highest BCUT2D eigenvalue weighted by Crippen LogP contribution is 2.46. The number of anilines is 1. The zero-order valence-corrected chi connectivity index (χ0v) is 27.0. The smallest absolute Gasteiger partial charge is 0.475 e. The van der Waals surface area contributed by atoms with Crippen LogP contribution < -0.4 is 19.7 Å². The van der Waals surface area contributed by atoms with Crippen molar-refractivity contribution in [1.82, 2.24) is 35.3 Å². The number of aromatic nitrogens is 4. The van der Waals surface area contributed by atoms with Gasteiger partial charge in [-0.15, -0.1) is 5.10 Å². The number of aryl methyl sites for hydroxylation is 1. The third kappa shape index (κ3) is 6.40. The first-order valence-electron chi connectivity index (χ1n) is 14.7. The number of imide groups is 2. The first kappa shape index (κ1) is 33.8. The largest absolute Gasteiger partial charge is 0.490 e. The number of piperazine rings is 1. The van der Waals surface area contributed by atoms with Crippen LogP contribution in [0.3, 0.4) is 0 Å². The normalized spacial score (nSPS) is 19.7. The molecule has 16 nitrogen and oxygen atoms in total. The summed E-state index contributed by atoms with van der Waals surface area (Å²) in [6.45, 7) is 2.67. The Bertz CT molecular complexity index is 1860. The lowest BCUT2D eigenvalue weighted by molar-refractivity contribution is -0.192. The number of ether oxygens (including phenoxy) is 2. The average molecular weight is 751 g/mol. The third-order valence-corrected chi connectivity index (χ3v) is 9.10. The molecule has 0 bridgehead atoms. The highest BCUT2D eigenvalue weighted by atomic mass is 79.9. The van der Waals surface area contributed by atoms with Crippen LogP contribution in [0.4, 0.5) is 18.9 Å². The molecule has 2 atom stereocenters. The van der Waals surface area contributed by atoms with E-state index >= 15 is 0 Å². The molecule has 20 heteroatoms. The molecule has 3 aromatic rings. The number of aliphatic carboxylic acids is 1. The molecule has 4 aliphatic rings. The number of carbonyl (C=O) groups is 5. The molecular formula is C29H26BrF3N8O8. The molecule has 2 N–H and O–H groups in total. The summed E-state index contributed by atoms with van der Waals surface area (Å²) in [6, 6.07) is 7.65. The predicted octanol–water partition coefficient (Wildman–Crippen LogP) is 1.65. The van der Waals surface area contributed by atoms with E-state index in [0.717, 1.165) is 20.6 Å². The number of piperidine rings is 1. The standard InChI is InChI=1S/C27H25BrN8O6.C2HF3O2/c1-33-24(30-31-32-33)22(21-17(28)4-6-19-23(21)42-13-41-19)35-10-8-34(9-11-35)14-2-3-15-16(12-14)27(40)36(26(15)39)18-5-7-20(37)29-25(18)38;3-2(4,5)1(6)7/h2-4,6,12,18,22H,5,7-11,13H2,1H3,(H,29,37,38);(H,6,7). The van der Waals surface area contributed by atoms with Crippen molar-refractivity contribution in [2.75, 3.05) is 37.9 Å². The van der Waals surface area contributed by atoms with Gasteiger partial charge in [-0.05, 0) is 47.2 Å². The molecule has 0 saturated carbocycles. The van der Waals surface area contributed by atoms with Crippen LogP contribution in [0, 0.1) is 0 Å². The second kappa shape index (κ2) is 13.1. The Balaban J connectivity index is 0.000000540. The summed E-state index contributed by atoms with van der Waals surface area (Å²) in [4.78, 5) is 64.7. The molecular weight excluding hydrogens is 725 g/mol. The third-order valence-electron chi connectivity index (χ3n) is 8.41. The molecule has 4 aliphatic heterocycles. The lowest BCUT2D eigenvalue weighted by atomic mass is 10.0. The number of alkyl halides is 3. The van der Waals surface area contributed by atoms with Gasteiger partial charge in [-0.1, -0.05) is 15.9 Å². The van der Waals surface area contributed by atoms with Crippen LogP contribution in [0.25, 0.3) is 0 Å². The number of amides is 4. The Labute approximate surface area is 282 Å². The minimum Gasteiger partial charge on any atom is -0.475 e. The Morgan fingerprint density at radius 3 is 2.37 bits per heavy atom. The van der Waals surface area contributed by atoms with E-state index in [2.05, 4.69) is 46.6 Å². The first-order chi connectivity index (χ1) is 23.3. The number of fused-ring (bicyclic) bond motifs is 2. The van der Waals surface area contributed by atoms with Crippen LogP contribution in [-0.2, 0) is 21.4 Å². The second-order valence-electron chi connectivity index (χ2n) is 11.3. The van der Waals surface area contributed by atoms with Gasteiger partial charge >= 0.3 is 12.1 Å². The van der Waals surface area contributed by atoms with Crippen molar-refractivity contribution in [2.45, 2.75) is 31.1 Å². The van der Waals surface area contributed by atoms with Crippen LogP contribution in [0.15, 0.2) is 34.8 Å². The Kier molecular flexibility index (Phi) is 9.01. The molecule has 2 aromatic carbocycles. The van der Waals surface area contributed by atoms with E-state index in [9.17, 15) is 32.3 Å². The summed E-state index contributed by atoms with van der Waals surface area (Å²) >= 11 is 3.70. The number of halogens is 4. The van der Waals surface area contributed by atoms with Gasteiger partial charge < -0.3 is 19.5 Å². The van der Waals surface area contributed by atoms with E-state index in [4.69, 9.17) is 19.4 Å². The molecule has 5 heterocycles. The minimum atomic E-state index is -5.08. The van der Waals surface area contributed by atoms with Crippen molar-refractivity contribution in [2.24, 2.45) is 7.05 Å². The van der Waals surface area contributed by atoms with Gasteiger partial charge in [0.2, 0.25) is 18.6 Å². The van der Waals surface area contributed by atoms with Crippen molar-refractivity contribution < 1.29 is 51.7 Å². The fourth-order valence-corrected chi connectivity index (χ4v) is 6.59. The zero-order valence-electron chi connectivity index (χ0n) is 25.4. The van der Waals surface area contributed by atoms with Crippen molar-refractivity contribution in [3.05, 3.63) is 57.3 Å². The van der Waals surface area contributed by atoms with Crippen molar-refractivity contribution in [1.29, 1.82) is 0 Å². The average Bonchev–Trinajstić information content (AvgIpc) is 3.77. The van der Waals surface area contributed by atoms with Crippen molar-refractivity contribution in [3.8, 4) is 11.5 Å².